The van der Waals surface area contributed by atoms with Crippen molar-refractivity contribution in [1.29, 1.82) is 0 Å². The highest BCUT2D eigenvalue weighted by Gasteiger charge is 2.36. The number of para-hydroxylation sites is 1. The number of halogens is 2. The van der Waals surface area contributed by atoms with Crippen LogP contribution in [0, 0.1) is 0 Å². The van der Waals surface area contributed by atoms with Crippen molar-refractivity contribution in [3.8, 4) is 5.69 Å². The van der Waals surface area contributed by atoms with Crippen LogP contribution in [-0.4, -0.2) is 60.4 Å². The van der Waals surface area contributed by atoms with Crippen LogP contribution in [0.1, 0.15) is 16.2 Å². The van der Waals surface area contributed by atoms with Crippen LogP contribution in [0.4, 0.5) is 11.4 Å². The van der Waals surface area contributed by atoms with Gasteiger partial charge >= 0.3 is 0 Å². The predicted octanol–water partition coefficient (Wildman–Crippen LogP) is 2.56. The molecule has 1 aliphatic rings. The van der Waals surface area contributed by atoms with Gasteiger partial charge in [0.25, 0.3) is 11.8 Å². The summed E-state index contributed by atoms with van der Waals surface area (Å²) in [5, 5.41) is 29.1. The Labute approximate surface area is 198 Å². The average Bonchev–Trinajstić information content (AvgIpc) is 3.18. The minimum absolute atomic E-state index is 0.0189. The van der Waals surface area contributed by atoms with Crippen molar-refractivity contribution in [2.75, 3.05) is 29.9 Å². The van der Waals surface area contributed by atoms with Gasteiger partial charge in [-0.25, -0.2) is 9.58 Å². The normalized spacial score (nSPS) is 15.0. The van der Waals surface area contributed by atoms with E-state index in [1.54, 1.807) is 40.9 Å². The van der Waals surface area contributed by atoms with Crippen molar-refractivity contribution < 1.29 is 15.0 Å². The van der Waals surface area contributed by atoms with E-state index < -0.39 is 11.8 Å². The Morgan fingerprint density at radius 1 is 1.16 bits per heavy atom. The number of anilines is 2. The number of primary amides is 1. The number of rotatable bonds is 6. The smallest absolute Gasteiger partial charge is 0.271 e. The van der Waals surface area contributed by atoms with Gasteiger partial charge in [-0.3, -0.25) is 9.78 Å². The number of aromatic nitrogens is 3. The minimum atomic E-state index is -2.16. The van der Waals surface area contributed by atoms with E-state index in [0.717, 1.165) is 11.5 Å². The molecule has 1 saturated heterocycles. The summed E-state index contributed by atoms with van der Waals surface area (Å²) in [6.07, 6.45) is 2.97. The summed E-state index contributed by atoms with van der Waals surface area (Å²) in [6, 6.07) is 8.13. The molecule has 0 radical (unpaired) electrons. The van der Waals surface area contributed by atoms with E-state index in [1.807, 2.05) is 0 Å². The van der Waals surface area contributed by atoms with Crippen LogP contribution in [0.15, 0.2) is 42.7 Å². The molecule has 32 heavy (non-hydrogen) atoms. The van der Waals surface area contributed by atoms with Gasteiger partial charge in [-0.1, -0.05) is 29.3 Å². The summed E-state index contributed by atoms with van der Waals surface area (Å²) in [5.74, 6) is -1.27. The van der Waals surface area contributed by atoms with Gasteiger partial charge in [0.2, 0.25) is 0 Å². The number of aliphatic hydroxyl groups is 2. The molecule has 1 amide bonds. The number of carbonyl (C=O) groups is 1. The molecule has 9 nitrogen and oxygen atoms in total. The van der Waals surface area contributed by atoms with Gasteiger partial charge in [0.15, 0.2) is 5.69 Å². The van der Waals surface area contributed by atoms with Gasteiger partial charge in [-0.05, 0) is 24.3 Å². The van der Waals surface area contributed by atoms with E-state index in [9.17, 15) is 15.0 Å². The van der Waals surface area contributed by atoms with E-state index in [1.165, 1.54) is 23.1 Å². The van der Waals surface area contributed by atoms with E-state index in [-0.39, 0.29) is 11.4 Å². The molecule has 2 aromatic heterocycles. The lowest BCUT2D eigenvalue weighted by Crippen LogP contribution is -2.50. The Balaban J connectivity index is 1.60. The molecule has 0 aliphatic carbocycles. The van der Waals surface area contributed by atoms with Crippen LogP contribution in [-0.2, 0) is 5.91 Å². The maximum Gasteiger partial charge on any atom is 0.271 e. The third-order valence-electron chi connectivity index (χ3n) is 4.95. The van der Waals surface area contributed by atoms with E-state index in [2.05, 4.69) is 15.4 Å². The number of pyridine rings is 1. The SMILES string of the molecule is NC(=O)c1nn(-c2c(Cl)cccc2Cl)cc1Nc1ccc(C(O)(O)N2CCSCC2)nc1. The van der Waals surface area contributed by atoms with Crippen LogP contribution in [0.5, 0.6) is 0 Å². The number of benzene rings is 1. The fourth-order valence-electron chi connectivity index (χ4n) is 3.33. The highest BCUT2D eigenvalue weighted by molar-refractivity contribution is 7.99. The number of hydrogen-bond donors (Lipinski definition) is 4. The Kier molecular flexibility index (Phi) is 6.61. The largest absolute Gasteiger partial charge is 0.364 e. The van der Waals surface area contributed by atoms with Gasteiger partial charge in [0.1, 0.15) is 11.4 Å². The molecule has 1 aliphatic heterocycles. The number of carbonyl (C=O) groups excluding carboxylic acids is 1. The van der Waals surface area contributed by atoms with Crippen molar-refractivity contribution in [2.45, 2.75) is 5.91 Å². The lowest BCUT2D eigenvalue weighted by atomic mass is 10.2. The molecule has 3 heterocycles. The monoisotopic (exact) mass is 494 g/mol. The summed E-state index contributed by atoms with van der Waals surface area (Å²) in [6.45, 7) is 1.09. The molecular weight excluding hydrogens is 475 g/mol. The molecule has 5 N–H and O–H groups in total. The predicted molar refractivity (Wildman–Crippen MR) is 125 cm³/mol. The van der Waals surface area contributed by atoms with Crippen LogP contribution in [0.3, 0.4) is 0 Å². The topological polar surface area (TPSA) is 130 Å². The van der Waals surface area contributed by atoms with Gasteiger partial charge in [-0.2, -0.15) is 16.9 Å². The lowest BCUT2D eigenvalue weighted by molar-refractivity contribution is -0.275. The summed E-state index contributed by atoms with van der Waals surface area (Å²) in [5.41, 5.74) is 6.79. The molecule has 3 aromatic rings. The van der Waals surface area contributed by atoms with Crippen molar-refractivity contribution in [3.63, 3.8) is 0 Å². The number of thioether (sulfide) groups is 1. The molecule has 0 unspecified atom stereocenters. The van der Waals surface area contributed by atoms with E-state index >= 15 is 0 Å². The Bertz CT molecular complexity index is 1110. The molecule has 0 spiro atoms. The van der Waals surface area contributed by atoms with Crippen LogP contribution in [0.2, 0.25) is 10.0 Å². The fourth-order valence-corrected chi connectivity index (χ4v) is 4.80. The first kappa shape index (κ1) is 22.8. The molecule has 12 heteroatoms. The van der Waals surface area contributed by atoms with Crippen LogP contribution >= 0.6 is 35.0 Å². The van der Waals surface area contributed by atoms with Crippen molar-refractivity contribution in [3.05, 3.63) is 64.2 Å². The van der Waals surface area contributed by atoms with Gasteiger partial charge in [0.05, 0.1) is 33.8 Å². The first-order chi connectivity index (χ1) is 15.3. The van der Waals surface area contributed by atoms with Gasteiger partial charge in [-0.15, -0.1) is 0 Å². The summed E-state index contributed by atoms with van der Waals surface area (Å²) in [7, 11) is 0. The third-order valence-corrected chi connectivity index (χ3v) is 6.50. The molecule has 0 bridgehead atoms. The first-order valence-electron chi connectivity index (χ1n) is 9.62. The van der Waals surface area contributed by atoms with Crippen molar-refractivity contribution in [2.24, 2.45) is 5.73 Å². The van der Waals surface area contributed by atoms with E-state index in [0.29, 0.717) is 40.2 Å². The maximum absolute atomic E-state index is 11.9. The van der Waals surface area contributed by atoms with Crippen LogP contribution < -0.4 is 11.1 Å². The van der Waals surface area contributed by atoms with Crippen molar-refractivity contribution in [1.82, 2.24) is 19.7 Å². The standard InChI is InChI=1S/C20H20Cl2N6O3S/c21-13-2-1-3-14(22)18(13)28-11-15(17(26-28)19(23)29)25-12-4-5-16(24-10-12)20(30,31)27-6-8-32-9-7-27/h1-5,10-11,25,30-31H,6-9H2,(H2,23,29). The van der Waals surface area contributed by atoms with Gasteiger partial charge in [0, 0.05) is 24.6 Å². The molecular formula is C20H20Cl2N6O3S. The molecule has 0 saturated carbocycles. The number of amides is 1. The minimum Gasteiger partial charge on any atom is -0.364 e. The van der Waals surface area contributed by atoms with E-state index in [4.69, 9.17) is 28.9 Å². The zero-order chi connectivity index (χ0) is 22.9. The lowest BCUT2D eigenvalue weighted by Gasteiger charge is -2.36. The Morgan fingerprint density at radius 2 is 1.84 bits per heavy atom. The number of nitrogens with zero attached hydrogens (tertiary/aromatic N) is 4. The second-order valence-corrected chi connectivity index (χ2v) is 9.10. The van der Waals surface area contributed by atoms with Crippen LogP contribution in [0.25, 0.3) is 5.69 Å². The zero-order valence-electron chi connectivity index (χ0n) is 16.7. The fraction of sp³-hybridized carbons (Fsp3) is 0.250. The third kappa shape index (κ3) is 4.56. The number of nitrogens with two attached hydrogens (primary N) is 1. The quantitative estimate of drug-likeness (QED) is 0.384. The molecule has 1 fully saturated rings. The number of hydrogen-bond acceptors (Lipinski definition) is 8. The maximum atomic E-state index is 11.9. The first-order valence-corrected chi connectivity index (χ1v) is 11.5. The summed E-state index contributed by atoms with van der Waals surface area (Å²) >= 11 is 14.3. The molecule has 168 valence electrons. The summed E-state index contributed by atoms with van der Waals surface area (Å²) < 4.78 is 1.37. The Morgan fingerprint density at radius 3 is 2.44 bits per heavy atom. The Hall–Kier alpha value is -2.34. The second kappa shape index (κ2) is 9.26. The average molecular weight is 495 g/mol. The number of nitrogens with one attached hydrogen (secondary N) is 1. The highest BCUT2D eigenvalue weighted by Crippen LogP contribution is 2.31. The molecule has 1 aromatic carbocycles. The zero-order valence-corrected chi connectivity index (χ0v) is 19.0. The highest BCUT2D eigenvalue weighted by atomic mass is 35.5. The molecule has 4 rings (SSSR count). The summed E-state index contributed by atoms with van der Waals surface area (Å²) in [4.78, 5) is 17.7. The van der Waals surface area contributed by atoms with Gasteiger partial charge < -0.3 is 21.3 Å². The second-order valence-electron chi connectivity index (χ2n) is 7.06. The van der Waals surface area contributed by atoms with Crippen molar-refractivity contribution >= 4 is 52.2 Å². The molecule has 0 atom stereocenters.